The number of ether oxygens (including phenoxy) is 1. The van der Waals surface area contributed by atoms with Gasteiger partial charge in [0.1, 0.15) is 6.54 Å². The first kappa shape index (κ1) is 18.1. The van der Waals surface area contributed by atoms with Crippen LogP contribution in [0.25, 0.3) is 0 Å². The third-order valence-corrected chi connectivity index (χ3v) is 6.74. The summed E-state index contributed by atoms with van der Waals surface area (Å²) in [7, 11) is 0. The molecular formula is C22H22N2O5. The molecule has 2 bridgehead atoms. The first-order valence-electron chi connectivity index (χ1n) is 10.1. The van der Waals surface area contributed by atoms with Crippen molar-refractivity contribution in [1.29, 1.82) is 0 Å². The Labute approximate surface area is 168 Å². The Kier molecular flexibility index (Phi) is 4.08. The Hall–Kier alpha value is -2.96. The first-order valence-corrected chi connectivity index (χ1v) is 10.1. The number of anilines is 1. The van der Waals surface area contributed by atoms with Gasteiger partial charge in [-0.25, -0.2) is 4.79 Å². The van der Waals surface area contributed by atoms with E-state index in [1.165, 1.54) is 0 Å². The Balaban J connectivity index is 1.24. The van der Waals surface area contributed by atoms with Crippen LogP contribution in [0.2, 0.25) is 0 Å². The normalized spacial score (nSPS) is 33.3. The number of hydrogen-bond acceptors (Lipinski definition) is 5. The Morgan fingerprint density at radius 1 is 1.03 bits per heavy atom. The van der Waals surface area contributed by atoms with Crippen LogP contribution < -0.4 is 5.32 Å². The maximum absolute atomic E-state index is 12.9. The first-order chi connectivity index (χ1) is 14.0. The Bertz CT molecular complexity index is 901. The molecule has 1 N–H and O–H groups in total. The molecule has 1 aromatic rings. The minimum absolute atomic E-state index is 0.148. The van der Waals surface area contributed by atoms with E-state index in [0.717, 1.165) is 11.3 Å². The number of nitrogens with zero attached hydrogens (tertiary/aromatic N) is 1. The second-order valence-corrected chi connectivity index (χ2v) is 8.26. The quantitative estimate of drug-likeness (QED) is 0.467. The highest BCUT2D eigenvalue weighted by Gasteiger charge is 2.67. The molecule has 1 aliphatic heterocycles. The van der Waals surface area contributed by atoms with Gasteiger partial charge >= 0.3 is 5.97 Å². The van der Waals surface area contributed by atoms with Crippen LogP contribution >= 0.6 is 0 Å². The average molecular weight is 394 g/mol. The summed E-state index contributed by atoms with van der Waals surface area (Å²) in [5.41, 5.74) is 0.878. The van der Waals surface area contributed by atoms with E-state index < -0.39 is 11.9 Å². The van der Waals surface area contributed by atoms with E-state index in [4.69, 9.17) is 4.74 Å². The summed E-state index contributed by atoms with van der Waals surface area (Å²) in [6.45, 7) is 1.74. The highest BCUT2D eigenvalue weighted by atomic mass is 16.5. The second kappa shape index (κ2) is 6.54. The number of carbonyl (C=O) groups is 4. The summed E-state index contributed by atoms with van der Waals surface area (Å²) in [6.07, 6.45) is 5.33. The van der Waals surface area contributed by atoms with E-state index in [2.05, 4.69) is 17.5 Å². The minimum Gasteiger partial charge on any atom is -0.462 e. The van der Waals surface area contributed by atoms with Crippen molar-refractivity contribution in [2.45, 2.75) is 13.3 Å². The van der Waals surface area contributed by atoms with Crippen LogP contribution in [0, 0.1) is 35.5 Å². The summed E-state index contributed by atoms with van der Waals surface area (Å²) in [5, 5.41) is 2.69. The number of likely N-dealkylation sites (tertiary alicyclic amines) is 1. The smallest absolute Gasteiger partial charge is 0.338 e. The van der Waals surface area contributed by atoms with E-state index in [1.807, 2.05) is 0 Å². The van der Waals surface area contributed by atoms with Gasteiger partial charge in [0.05, 0.1) is 24.0 Å². The highest BCUT2D eigenvalue weighted by molar-refractivity contribution is 6.09. The highest BCUT2D eigenvalue weighted by Crippen LogP contribution is 2.65. The minimum atomic E-state index is -0.431. The zero-order chi connectivity index (χ0) is 20.3. The fraction of sp³-hybridized carbons (Fsp3) is 0.455. The lowest BCUT2D eigenvalue weighted by atomic mass is 9.63. The third-order valence-electron chi connectivity index (χ3n) is 6.74. The van der Waals surface area contributed by atoms with Crippen LogP contribution in [-0.4, -0.2) is 41.7 Å². The van der Waals surface area contributed by atoms with E-state index >= 15 is 0 Å². The third kappa shape index (κ3) is 2.79. The number of imide groups is 1. The molecule has 0 spiro atoms. The van der Waals surface area contributed by atoms with Crippen LogP contribution in [0.4, 0.5) is 5.69 Å². The molecule has 0 aromatic heterocycles. The summed E-state index contributed by atoms with van der Waals surface area (Å²) in [4.78, 5) is 51.1. The summed E-state index contributed by atoms with van der Waals surface area (Å²) in [6, 6.07) is 6.30. The fourth-order valence-electron chi connectivity index (χ4n) is 5.42. The van der Waals surface area contributed by atoms with Crippen LogP contribution in [0.3, 0.4) is 0 Å². The predicted molar refractivity (Wildman–Crippen MR) is 102 cm³/mol. The molecule has 29 heavy (non-hydrogen) atoms. The van der Waals surface area contributed by atoms with Gasteiger partial charge in [0.25, 0.3) is 0 Å². The predicted octanol–water partition coefficient (Wildman–Crippen LogP) is 1.85. The molecule has 0 radical (unpaired) electrons. The number of benzene rings is 1. The molecule has 7 heteroatoms. The zero-order valence-electron chi connectivity index (χ0n) is 16.0. The average Bonchev–Trinajstić information content (AvgIpc) is 3.50. The Morgan fingerprint density at radius 2 is 1.62 bits per heavy atom. The molecule has 1 heterocycles. The summed E-state index contributed by atoms with van der Waals surface area (Å²) in [5.74, 6) is -0.498. The van der Waals surface area contributed by atoms with Gasteiger partial charge in [0, 0.05) is 5.69 Å². The van der Waals surface area contributed by atoms with Crippen molar-refractivity contribution >= 4 is 29.4 Å². The fourth-order valence-corrected chi connectivity index (χ4v) is 5.42. The number of hydrogen-bond donors (Lipinski definition) is 1. The molecule has 0 unspecified atom stereocenters. The van der Waals surface area contributed by atoms with Crippen molar-refractivity contribution in [3.8, 4) is 0 Å². The molecule has 1 aromatic carbocycles. The van der Waals surface area contributed by atoms with Crippen molar-refractivity contribution in [1.82, 2.24) is 4.90 Å². The lowest BCUT2D eigenvalue weighted by Gasteiger charge is -2.37. The number of allylic oxidation sites excluding steroid dienone is 2. The van der Waals surface area contributed by atoms with E-state index in [-0.39, 0.29) is 48.6 Å². The molecule has 6 atom stereocenters. The van der Waals surface area contributed by atoms with Gasteiger partial charge in [-0.1, -0.05) is 12.2 Å². The van der Waals surface area contributed by atoms with Gasteiger partial charge in [-0.05, 0) is 61.3 Å². The number of esters is 1. The molecule has 4 aliphatic carbocycles. The number of rotatable bonds is 5. The molecule has 3 fully saturated rings. The number of carbonyl (C=O) groups excluding carboxylic acids is 4. The molecule has 2 saturated carbocycles. The summed E-state index contributed by atoms with van der Waals surface area (Å²) < 4.78 is 4.93. The van der Waals surface area contributed by atoms with Gasteiger partial charge in [-0.15, -0.1) is 0 Å². The molecule has 1 saturated heterocycles. The second-order valence-electron chi connectivity index (χ2n) is 8.26. The van der Waals surface area contributed by atoms with Crippen LogP contribution in [-0.2, 0) is 19.1 Å². The van der Waals surface area contributed by atoms with E-state index in [0.29, 0.717) is 23.1 Å². The van der Waals surface area contributed by atoms with Crippen molar-refractivity contribution < 1.29 is 23.9 Å². The van der Waals surface area contributed by atoms with Crippen molar-refractivity contribution in [2.24, 2.45) is 35.5 Å². The van der Waals surface area contributed by atoms with Gasteiger partial charge in [-0.2, -0.15) is 0 Å². The molecule has 3 amide bonds. The molecule has 7 nitrogen and oxygen atoms in total. The lowest BCUT2D eigenvalue weighted by molar-refractivity contribution is -0.142. The van der Waals surface area contributed by atoms with Crippen molar-refractivity contribution in [2.75, 3.05) is 18.5 Å². The molecular weight excluding hydrogens is 372 g/mol. The SMILES string of the molecule is CCOC(=O)c1ccc(NC(=O)CN2C(=O)[C@@H]3[C@@H]4C=C[C@H]([C@@H]5C[C@H]45)[C@@H]3C2=O)cc1. The van der Waals surface area contributed by atoms with Crippen molar-refractivity contribution in [3.63, 3.8) is 0 Å². The summed E-state index contributed by atoms with van der Waals surface area (Å²) >= 11 is 0. The molecule has 6 rings (SSSR count). The monoisotopic (exact) mass is 394 g/mol. The molecule has 5 aliphatic rings. The zero-order valence-corrected chi connectivity index (χ0v) is 16.0. The standard InChI is InChI=1S/C22H22N2O5/c1-2-29-22(28)11-3-5-12(6-4-11)23-17(25)10-24-20(26)18-13-7-8-14(16-9-15(13)16)19(18)21(24)27/h3-8,13-16,18-19H,2,9-10H2,1H3,(H,23,25)/t13-,14-,15-,16+,18-,19+/m1/s1. The number of nitrogens with one attached hydrogen (secondary N) is 1. The lowest BCUT2D eigenvalue weighted by Crippen LogP contribution is -2.40. The van der Waals surface area contributed by atoms with Crippen LogP contribution in [0.1, 0.15) is 23.7 Å². The van der Waals surface area contributed by atoms with Gasteiger partial charge in [0.15, 0.2) is 0 Å². The van der Waals surface area contributed by atoms with Crippen LogP contribution in [0.15, 0.2) is 36.4 Å². The van der Waals surface area contributed by atoms with Gasteiger partial charge < -0.3 is 10.1 Å². The Morgan fingerprint density at radius 3 is 2.17 bits per heavy atom. The van der Waals surface area contributed by atoms with E-state index in [9.17, 15) is 19.2 Å². The van der Waals surface area contributed by atoms with Gasteiger partial charge in [-0.3, -0.25) is 19.3 Å². The number of amides is 3. The maximum Gasteiger partial charge on any atom is 0.338 e. The van der Waals surface area contributed by atoms with Gasteiger partial charge in [0.2, 0.25) is 17.7 Å². The maximum atomic E-state index is 12.9. The largest absolute Gasteiger partial charge is 0.462 e. The van der Waals surface area contributed by atoms with Crippen molar-refractivity contribution in [3.05, 3.63) is 42.0 Å². The van der Waals surface area contributed by atoms with E-state index in [1.54, 1.807) is 31.2 Å². The molecule has 150 valence electrons. The van der Waals surface area contributed by atoms with Crippen LogP contribution in [0.5, 0.6) is 0 Å². The topological polar surface area (TPSA) is 92.8 Å².